The van der Waals surface area contributed by atoms with Crippen molar-refractivity contribution in [1.82, 2.24) is 5.32 Å². The molecule has 0 unspecified atom stereocenters. The summed E-state index contributed by atoms with van der Waals surface area (Å²) in [6.07, 6.45) is 3.36. The van der Waals surface area contributed by atoms with Crippen LogP contribution >= 0.6 is 0 Å². The number of amides is 1. The van der Waals surface area contributed by atoms with Crippen LogP contribution in [0.1, 0.15) is 21.5 Å². The first-order valence-corrected chi connectivity index (χ1v) is 5.36. The minimum absolute atomic E-state index is 0.400. The molecule has 0 fully saturated rings. The maximum absolute atomic E-state index is 10.9. The monoisotopic (exact) mass is 230 g/mol. The van der Waals surface area contributed by atoms with Crippen LogP contribution in [0.25, 0.3) is 0 Å². The minimum Gasteiger partial charge on any atom is -0.472 e. The van der Waals surface area contributed by atoms with Crippen LogP contribution < -0.4 is 11.1 Å². The third kappa shape index (κ3) is 3.19. The Morgan fingerprint density at radius 3 is 2.41 bits per heavy atom. The number of hydrogen-bond donors (Lipinski definition) is 2. The highest BCUT2D eigenvalue weighted by Gasteiger charge is 1.99. The molecule has 4 heteroatoms. The van der Waals surface area contributed by atoms with Gasteiger partial charge in [0.05, 0.1) is 12.5 Å². The molecule has 0 saturated carbocycles. The van der Waals surface area contributed by atoms with Crippen molar-refractivity contribution < 1.29 is 9.21 Å². The zero-order valence-electron chi connectivity index (χ0n) is 9.35. The molecule has 0 aliphatic rings. The van der Waals surface area contributed by atoms with Gasteiger partial charge in [0.2, 0.25) is 5.91 Å². The van der Waals surface area contributed by atoms with E-state index in [1.165, 1.54) is 0 Å². The molecule has 0 spiro atoms. The first-order chi connectivity index (χ1) is 8.25. The van der Waals surface area contributed by atoms with Gasteiger partial charge in [-0.15, -0.1) is 0 Å². The number of nitrogens with two attached hydrogens (primary N) is 1. The average Bonchev–Trinajstić information content (AvgIpc) is 2.83. The molecule has 17 heavy (non-hydrogen) atoms. The molecule has 1 heterocycles. The Balaban J connectivity index is 1.85. The molecule has 0 atom stereocenters. The molecule has 3 N–H and O–H groups in total. The number of carbonyl (C=O) groups excluding carboxylic acids is 1. The number of rotatable bonds is 5. The fourth-order valence-corrected chi connectivity index (χ4v) is 1.53. The molecule has 4 nitrogen and oxygen atoms in total. The van der Waals surface area contributed by atoms with Crippen LogP contribution in [0, 0.1) is 0 Å². The zero-order chi connectivity index (χ0) is 12.1. The molecule has 1 aromatic carbocycles. The van der Waals surface area contributed by atoms with Gasteiger partial charge in [0.25, 0.3) is 0 Å². The summed E-state index contributed by atoms with van der Waals surface area (Å²) in [5.74, 6) is -0.400. The maximum Gasteiger partial charge on any atom is 0.248 e. The molecule has 1 amide bonds. The van der Waals surface area contributed by atoms with E-state index in [9.17, 15) is 4.79 Å². The molecule has 0 saturated heterocycles. The summed E-state index contributed by atoms with van der Waals surface area (Å²) in [4.78, 5) is 10.9. The Kier molecular flexibility index (Phi) is 3.57. The summed E-state index contributed by atoms with van der Waals surface area (Å²) in [5.41, 5.74) is 7.91. The van der Waals surface area contributed by atoms with Crippen LogP contribution in [0.3, 0.4) is 0 Å². The molecular formula is C13H14N2O2. The molecule has 0 aliphatic carbocycles. The topological polar surface area (TPSA) is 68.3 Å². The molecule has 0 radical (unpaired) electrons. The average molecular weight is 230 g/mol. The van der Waals surface area contributed by atoms with Crippen molar-refractivity contribution in [3.63, 3.8) is 0 Å². The highest BCUT2D eigenvalue weighted by molar-refractivity contribution is 5.92. The largest absolute Gasteiger partial charge is 0.472 e. The predicted molar refractivity (Wildman–Crippen MR) is 64.2 cm³/mol. The third-order valence-electron chi connectivity index (χ3n) is 2.48. The van der Waals surface area contributed by atoms with Crippen molar-refractivity contribution in [2.24, 2.45) is 5.73 Å². The summed E-state index contributed by atoms with van der Waals surface area (Å²) in [6, 6.07) is 9.17. The van der Waals surface area contributed by atoms with Gasteiger partial charge in [-0.2, -0.15) is 0 Å². The van der Waals surface area contributed by atoms with Gasteiger partial charge < -0.3 is 15.5 Å². The van der Waals surface area contributed by atoms with Gasteiger partial charge in [0.15, 0.2) is 0 Å². The lowest BCUT2D eigenvalue weighted by molar-refractivity contribution is 0.100. The van der Waals surface area contributed by atoms with E-state index in [-0.39, 0.29) is 0 Å². The summed E-state index contributed by atoms with van der Waals surface area (Å²) in [6.45, 7) is 1.50. The third-order valence-corrected chi connectivity index (χ3v) is 2.48. The van der Waals surface area contributed by atoms with Crippen LogP contribution in [0.5, 0.6) is 0 Å². The number of nitrogens with one attached hydrogen (secondary N) is 1. The lowest BCUT2D eigenvalue weighted by atomic mass is 10.1. The van der Waals surface area contributed by atoms with E-state index < -0.39 is 5.91 Å². The molecule has 88 valence electrons. The van der Waals surface area contributed by atoms with Crippen LogP contribution in [0.2, 0.25) is 0 Å². The number of hydrogen-bond acceptors (Lipinski definition) is 3. The Hall–Kier alpha value is -2.07. The summed E-state index contributed by atoms with van der Waals surface area (Å²) >= 11 is 0. The second-order valence-electron chi connectivity index (χ2n) is 3.80. The second-order valence-corrected chi connectivity index (χ2v) is 3.80. The normalized spacial score (nSPS) is 10.4. The van der Waals surface area contributed by atoms with Crippen molar-refractivity contribution in [2.75, 3.05) is 0 Å². The second kappa shape index (κ2) is 5.32. The van der Waals surface area contributed by atoms with E-state index in [0.29, 0.717) is 5.56 Å². The van der Waals surface area contributed by atoms with Crippen LogP contribution in [-0.4, -0.2) is 5.91 Å². The Labute approximate surface area is 99.4 Å². The van der Waals surface area contributed by atoms with Gasteiger partial charge in [0, 0.05) is 24.2 Å². The fraction of sp³-hybridized carbons (Fsp3) is 0.154. The quantitative estimate of drug-likeness (QED) is 0.821. The number of primary amides is 1. The SMILES string of the molecule is NC(=O)c1ccc(CNCc2ccoc2)cc1. The first-order valence-electron chi connectivity index (χ1n) is 5.36. The summed E-state index contributed by atoms with van der Waals surface area (Å²) in [7, 11) is 0. The van der Waals surface area contributed by atoms with Crippen molar-refractivity contribution >= 4 is 5.91 Å². The van der Waals surface area contributed by atoms with E-state index in [1.807, 2.05) is 18.2 Å². The van der Waals surface area contributed by atoms with Crippen molar-refractivity contribution in [1.29, 1.82) is 0 Å². The highest BCUT2D eigenvalue weighted by Crippen LogP contribution is 2.04. The molecule has 2 aromatic rings. The van der Waals surface area contributed by atoms with E-state index in [0.717, 1.165) is 24.2 Å². The standard InChI is InChI=1S/C13H14N2O2/c14-13(16)12-3-1-10(2-4-12)7-15-8-11-5-6-17-9-11/h1-6,9,15H,7-8H2,(H2,14,16). The highest BCUT2D eigenvalue weighted by atomic mass is 16.3. The van der Waals surface area contributed by atoms with Gasteiger partial charge in [-0.05, 0) is 23.8 Å². The zero-order valence-corrected chi connectivity index (χ0v) is 9.35. The first kappa shape index (κ1) is 11.4. The smallest absolute Gasteiger partial charge is 0.248 e. The van der Waals surface area contributed by atoms with Crippen LogP contribution in [0.4, 0.5) is 0 Å². The Morgan fingerprint density at radius 2 is 1.82 bits per heavy atom. The Morgan fingerprint density at radius 1 is 1.12 bits per heavy atom. The van der Waals surface area contributed by atoms with Crippen LogP contribution in [-0.2, 0) is 13.1 Å². The van der Waals surface area contributed by atoms with Gasteiger partial charge >= 0.3 is 0 Å². The van der Waals surface area contributed by atoms with Crippen LogP contribution in [0.15, 0.2) is 47.3 Å². The van der Waals surface area contributed by atoms with Gasteiger partial charge in [0.1, 0.15) is 0 Å². The minimum atomic E-state index is -0.400. The number of furan rings is 1. The van der Waals surface area contributed by atoms with Gasteiger partial charge in [-0.1, -0.05) is 12.1 Å². The number of carbonyl (C=O) groups is 1. The molecule has 2 rings (SSSR count). The lowest BCUT2D eigenvalue weighted by Gasteiger charge is -2.03. The van der Waals surface area contributed by atoms with Gasteiger partial charge in [-0.3, -0.25) is 4.79 Å². The predicted octanol–water partition coefficient (Wildman–Crippen LogP) is 1.67. The van der Waals surface area contributed by atoms with Crippen molar-refractivity contribution in [3.8, 4) is 0 Å². The Bertz CT molecular complexity index is 475. The molecule has 0 aliphatic heterocycles. The molecule has 1 aromatic heterocycles. The van der Waals surface area contributed by atoms with E-state index in [1.54, 1.807) is 24.7 Å². The van der Waals surface area contributed by atoms with Gasteiger partial charge in [-0.25, -0.2) is 0 Å². The van der Waals surface area contributed by atoms with E-state index >= 15 is 0 Å². The maximum atomic E-state index is 10.9. The molecule has 0 bridgehead atoms. The van der Waals surface area contributed by atoms with E-state index in [4.69, 9.17) is 10.2 Å². The lowest BCUT2D eigenvalue weighted by Crippen LogP contribution is -2.13. The van der Waals surface area contributed by atoms with E-state index in [2.05, 4.69) is 5.32 Å². The fourth-order valence-electron chi connectivity index (χ4n) is 1.53. The number of benzene rings is 1. The van der Waals surface area contributed by atoms with Crippen molar-refractivity contribution in [2.45, 2.75) is 13.1 Å². The summed E-state index contributed by atoms with van der Waals surface area (Å²) < 4.78 is 4.97. The van der Waals surface area contributed by atoms with Crippen molar-refractivity contribution in [3.05, 3.63) is 59.5 Å². The molecular weight excluding hydrogens is 216 g/mol. The summed E-state index contributed by atoms with van der Waals surface area (Å²) in [5, 5.41) is 3.28.